The van der Waals surface area contributed by atoms with Crippen LogP contribution in [0.1, 0.15) is 44.6 Å². The van der Waals surface area contributed by atoms with Gasteiger partial charge in [-0.2, -0.15) is 9.57 Å². The second-order valence-electron chi connectivity index (χ2n) is 5.75. The zero-order valence-electron chi connectivity index (χ0n) is 12.6. The Morgan fingerprint density at radius 1 is 1.29 bits per heavy atom. The van der Waals surface area contributed by atoms with E-state index in [1.165, 1.54) is 5.56 Å². The highest BCUT2D eigenvalue weighted by Crippen LogP contribution is 2.39. The van der Waals surface area contributed by atoms with E-state index in [1.54, 1.807) is 4.31 Å². The molecule has 0 amide bonds. The minimum absolute atomic E-state index is 0.0114. The van der Waals surface area contributed by atoms with Crippen LogP contribution in [0.15, 0.2) is 30.3 Å². The normalized spacial score (nSPS) is 26.6. The van der Waals surface area contributed by atoms with Crippen LogP contribution in [0.4, 0.5) is 0 Å². The molecule has 1 aliphatic rings. The fraction of sp³-hybridized carbons (Fsp3) is 0.562. The van der Waals surface area contributed by atoms with Crippen LogP contribution in [-0.2, 0) is 10.0 Å². The van der Waals surface area contributed by atoms with Crippen molar-refractivity contribution in [2.75, 3.05) is 5.75 Å². The summed E-state index contributed by atoms with van der Waals surface area (Å²) < 4.78 is 26.7. The van der Waals surface area contributed by atoms with E-state index < -0.39 is 10.0 Å². The van der Waals surface area contributed by atoms with Crippen molar-refractivity contribution in [1.29, 1.82) is 5.26 Å². The second-order valence-corrected chi connectivity index (χ2v) is 7.74. The molecule has 0 aliphatic carbocycles. The van der Waals surface area contributed by atoms with Gasteiger partial charge in [-0.1, -0.05) is 30.3 Å². The fourth-order valence-electron chi connectivity index (χ4n) is 3.33. The van der Waals surface area contributed by atoms with Crippen molar-refractivity contribution in [3.8, 4) is 6.07 Å². The average molecular weight is 306 g/mol. The van der Waals surface area contributed by atoms with Crippen molar-refractivity contribution in [3.05, 3.63) is 35.9 Å². The van der Waals surface area contributed by atoms with Gasteiger partial charge in [-0.15, -0.1) is 0 Å². The standard InChI is InChI=1S/C16H22N2O2S/c1-13-12-16(15-8-4-3-5-9-15)14(2)18(13)21(19,20)11-7-6-10-17/h3-5,8-9,13-14,16H,6-7,11-12H2,1-2H3/t13-,14-,16-/m0/s1. The highest BCUT2D eigenvalue weighted by Gasteiger charge is 2.42. The lowest BCUT2D eigenvalue weighted by molar-refractivity contribution is 0.343. The maximum atomic E-state index is 12.5. The number of rotatable bonds is 5. The summed E-state index contributed by atoms with van der Waals surface area (Å²) in [5.74, 6) is 0.309. The third-order valence-corrected chi connectivity index (χ3v) is 6.39. The van der Waals surface area contributed by atoms with E-state index in [2.05, 4.69) is 12.1 Å². The molecule has 0 unspecified atom stereocenters. The lowest BCUT2D eigenvalue weighted by Gasteiger charge is -2.27. The highest BCUT2D eigenvalue weighted by atomic mass is 32.2. The number of nitrogens with zero attached hydrogens (tertiary/aromatic N) is 2. The molecule has 114 valence electrons. The molecule has 0 bridgehead atoms. The molecule has 1 heterocycles. The summed E-state index contributed by atoms with van der Waals surface area (Å²) in [4.78, 5) is 0. The Bertz CT molecular complexity index is 607. The summed E-state index contributed by atoms with van der Waals surface area (Å²) in [6, 6.07) is 12.1. The molecular weight excluding hydrogens is 284 g/mol. The minimum Gasteiger partial charge on any atom is -0.212 e. The molecule has 5 heteroatoms. The number of sulfonamides is 1. The predicted octanol–water partition coefficient (Wildman–Crippen LogP) is 2.89. The van der Waals surface area contributed by atoms with Crippen LogP contribution in [0.25, 0.3) is 0 Å². The van der Waals surface area contributed by atoms with Crippen molar-refractivity contribution in [2.24, 2.45) is 0 Å². The Kier molecular flexibility index (Phi) is 5.02. The van der Waals surface area contributed by atoms with Crippen molar-refractivity contribution < 1.29 is 8.42 Å². The van der Waals surface area contributed by atoms with Gasteiger partial charge in [0.1, 0.15) is 0 Å². The smallest absolute Gasteiger partial charge is 0.212 e. The van der Waals surface area contributed by atoms with Crippen LogP contribution in [0.2, 0.25) is 0 Å². The monoisotopic (exact) mass is 306 g/mol. The highest BCUT2D eigenvalue weighted by molar-refractivity contribution is 7.89. The zero-order valence-corrected chi connectivity index (χ0v) is 13.4. The maximum absolute atomic E-state index is 12.5. The van der Waals surface area contributed by atoms with Gasteiger partial charge < -0.3 is 0 Å². The van der Waals surface area contributed by atoms with E-state index >= 15 is 0 Å². The van der Waals surface area contributed by atoms with Crippen LogP contribution < -0.4 is 0 Å². The quantitative estimate of drug-likeness (QED) is 0.786. The second kappa shape index (κ2) is 6.59. The molecular formula is C16H22N2O2S. The number of unbranched alkanes of at least 4 members (excludes halogenated alkanes) is 1. The van der Waals surface area contributed by atoms with Gasteiger partial charge in [-0.05, 0) is 32.3 Å². The molecule has 0 spiro atoms. The van der Waals surface area contributed by atoms with E-state index in [-0.39, 0.29) is 30.2 Å². The number of benzene rings is 1. The maximum Gasteiger partial charge on any atom is 0.214 e. The van der Waals surface area contributed by atoms with E-state index in [0.717, 1.165) is 6.42 Å². The average Bonchev–Trinajstić information content (AvgIpc) is 2.75. The first-order valence-corrected chi connectivity index (χ1v) is 9.01. The fourth-order valence-corrected chi connectivity index (χ4v) is 5.34. The third kappa shape index (κ3) is 3.45. The summed E-state index contributed by atoms with van der Waals surface area (Å²) >= 11 is 0. The van der Waals surface area contributed by atoms with Gasteiger partial charge in [0.2, 0.25) is 10.0 Å². The van der Waals surface area contributed by atoms with E-state index in [9.17, 15) is 8.42 Å². The van der Waals surface area contributed by atoms with Gasteiger partial charge in [0, 0.05) is 24.4 Å². The SMILES string of the molecule is C[C@H]1C[C@H](c2ccccc2)[C@H](C)N1S(=O)(=O)CCCC#N. The van der Waals surface area contributed by atoms with Gasteiger partial charge in [0.05, 0.1) is 11.8 Å². The lowest BCUT2D eigenvalue weighted by atomic mass is 9.92. The van der Waals surface area contributed by atoms with Crippen LogP contribution >= 0.6 is 0 Å². The summed E-state index contributed by atoms with van der Waals surface area (Å²) in [6.45, 7) is 3.96. The molecule has 4 nitrogen and oxygen atoms in total. The van der Waals surface area contributed by atoms with Crippen LogP contribution in [0.3, 0.4) is 0 Å². The molecule has 1 fully saturated rings. The first-order valence-electron chi connectivity index (χ1n) is 7.40. The van der Waals surface area contributed by atoms with E-state index in [4.69, 9.17) is 5.26 Å². The molecule has 1 aliphatic heterocycles. The van der Waals surface area contributed by atoms with Gasteiger partial charge in [-0.3, -0.25) is 0 Å². The topological polar surface area (TPSA) is 61.2 Å². The molecule has 0 aromatic heterocycles. The summed E-state index contributed by atoms with van der Waals surface area (Å²) in [6.07, 6.45) is 1.55. The number of hydrogen-bond donors (Lipinski definition) is 0. The first kappa shape index (κ1) is 16.0. The van der Waals surface area contributed by atoms with Crippen LogP contribution in [0.5, 0.6) is 0 Å². The molecule has 0 saturated carbocycles. The zero-order chi connectivity index (χ0) is 15.5. The van der Waals surface area contributed by atoms with Gasteiger partial charge >= 0.3 is 0 Å². The van der Waals surface area contributed by atoms with Crippen molar-refractivity contribution in [1.82, 2.24) is 4.31 Å². The largest absolute Gasteiger partial charge is 0.214 e. The lowest BCUT2D eigenvalue weighted by Crippen LogP contribution is -2.40. The third-order valence-electron chi connectivity index (χ3n) is 4.25. The Labute approximate surface area is 127 Å². The Hall–Kier alpha value is -1.38. The predicted molar refractivity (Wildman–Crippen MR) is 83.2 cm³/mol. The summed E-state index contributed by atoms with van der Waals surface area (Å²) in [7, 11) is -3.29. The summed E-state index contributed by atoms with van der Waals surface area (Å²) in [5.41, 5.74) is 1.20. The van der Waals surface area contributed by atoms with Crippen molar-refractivity contribution in [2.45, 2.75) is 51.1 Å². The molecule has 1 saturated heterocycles. The summed E-state index contributed by atoms with van der Waals surface area (Å²) in [5, 5.41) is 8.56. The van der Waals surface area contributed by atoms with Crippen molar-refractivity contribution in [3.63, 3.8) is 0 Å². The van der Waals surface area contributed by atoms with E-state index in [0.29, 0.717) is 6.42 Å². The van der Waals surface area contributed by atoms with E-state index in [1.807, 2.05) is 38.1 Å². The molecule has 1 aromatic rings. The number of nitriles is 1. The minimum atomic E-state index is -3.29. The number of hydrogen-bond acceptors (Lipinski definition) is 3. The molecule has 21 heavy (non-hydrogen) atoms. The Morgan fingerprint density at radius 3 is 2.57 bits per heavy atom. The molecule has 0 N–H and O–H groups in total. The van der Waals surface area contributed by atoms with Gasteiger partial charge in [-0.25, -0.2) is 8.42 Å². The van der Waals surface area contributed by atoms with Crippen molar-refractivity contribution >= 4 is 10.0 Å². The molecule has 0 radical (unpaired) electrons. The Balaban J connectivity index is 2.17. The Morgan fingerprint density at radius 2 is 1.95 bits per heavy atom. The van der Waals surface area contributed by atoms with Gasteiger partial charge in [0.15, 0.2) is 0 Å². The first-order chi connectivity index (χ1) is 9.97. The molecule has 2 rings (SSSR count). The molecule has 3 atom stereocenters. The van der Waals surface area contributed by atoms with Crippen LogP contribution in [0, 0.1) is 11.3 Å². The molecule has 1 aromatic carbocycles. The van der Waals surface area contributed by atoms with Crippen LogP contribution in [-0.4, -0.2) is 30.6 Å². The van der Waals surface area contributed by atoms with Gasteiger partial charge in [0.25, 0.3) is 0 Å².